The number of rotatable bonds is 2. The molecule has 0 aliphatic heterocycles. The maximum absolute atomic E-state index is 6.73. The fraction of sp³-hybridized carbons (Fsp3) is 0. The maximum Gasteiger partial charge on any atom is 0.144 e. The summed E-state index contributed by atoms with van der Waals surface area (Å²) in [5.74, 6) is 0. The van der Waals surface area contributed by atoms with Gasteiger partial charge in [0.15, 0.2) is 0 Å². The zero-order valence-corrected chi connectivity index (χ0v) is 20.1. The van der Waals surface area contributed by atoms with E-state index in [0.29, 0.717) is 0 Å². The Bertz CT molecular complexity index is 2140. The third-order valence-electron chi connectivity index (χ3n) is 7.64. The standard InChI is InChI=1S/C36H22O/c1-2-12-25-22-26(21-20-23(25)10-1)33-29-15-5-6-16-30(29)34(28-18-9-13-24-11-3-4-14-27(24)28)35-31-17-7-8-19-32(31)37-36(33)35/h1-22H. The molecule has 0 saturated carbocycles. The lowest BCUT2D eigenvalue weighted by Crippen LogP contribution is -1.90. The maximum atomic E-state index is 6.73. The normalized spacial score (nSPS) is 11.8. The van der Waals surface area contributed by atoms with Crippen LogP contribution in [0.5, 0.6) is 0 Å². The predicted molar refractivity (Wildman–Crippen MR) is 157 cm³/mol. The van der Waals surface area contributed by atoms with Crippen molar-refractivity contribution in [2.45, 2.75) is 0 Å². The van der Waals surface area contributed by atoms with Gasteiger partial charge in [-0.2, -0.15) is 0 Å². The number of para-hydroxylation sites is 1. The molecule has 0 aliphatic carbocycles. The van der Waals surface area contributed by atoms with Crippen LogP contribution in [0, 0.1) is 0 Å². The van der Waals surface area contributed by atoms with Crippen LogP contribution >= 0.6 is 0 Å². The van der Waals surface area contributed by atoms with Gasteiger partial charge in [0.25, 0.3) is 0 Å². The summed E-state index contributed by atoms with van der Waals surface area (Å²) in [6, 6.07) is 47.7. The first-order valence-corrected chi connectivity index (χ1v) is 12.7. The Morgan fingerprint density at radius 2 is 1.03 bits per heavy atom. The summed E-state index contributed by atoms with van der Waals surface area (Å²) in [7, 11) is 0. The molecule has 0 unspecified atom stereocenters. The van der Waals surface area contributed by atoms with Crippen LogP contribution < -0.4 is 0 Å². The van der Waals surface area contributed by atoms with Gasteiger partial charge in [0.1, 0.15) is 11.2 Å². The van der Waals surface area contributed by atoms with E-state index in [0.717, 1.165) is 22.1 Å². The minimum atomic E-state index is 0.913. The van der Waals surface area contributed by atoms with Crippen molar-refractivity contribution < 1.29 is 4.42 Å². The van der Waals surface area contributed by atoms with Crippen LogP contribution in [0.25, 0.3) is 76.5 Å². The average molecular weight is 471 g/mol. The molecule has 172 valence electrons. The summed E-state index contributed by atoms with van der Waals surface area (Å²) in [6.45, 7) is 0. The van der Waals surface area contributed by atoms with Gasteiger partial charge in [-0.15, -0.1) is 0 Å². The molecule has 7 aromatic carbocycles. The zero-order chi connectivity index (χ0) is 24.3. The lowest BCUT2D eigenvalue weighted by Gasteiger charge is -2.16. The molecule has 8 rings (SSSR count). The van der Waals surface area contributed by atoms with Gasteiger partial charge >= 0.3 is 0 Å². The highest BCUT2D eigenvalue weighted by Gasteiger charge is 2.22. The topological polar surface area (TPSA) is 13.1 Å². The lowest BCUT2D eigenvalue weighted by atomic mass is 9.86. The smallest absolute Gasteiger partial charge is 0.144 e. The number of hydrogen-bond acceptors (Lipinski definition) is 1. The molecule has 8 aromatic rings. The van der Waals surface area contributed by atoms with Gasteiger partial charge in [-0.3, -0.25) is 0 Å². The Balaban J connectivity index is 1.61. The molecule has 37 heavy (non-hydrogen) atoms. The van der Waals surface area contributed by atoms with Crippen molar-refractivity contribution >= 4 is 54.3 Å². The van der Waals surface area contributed by atoms with Crippen molar-refractivity contribution in [2.75, 3.05) is 0 Å². The highest BCUT2D eigenvalue weighted by Crippen LogP contribution is 2.48. The van der Waals surface area contributed by atoms with E-state index in [9.17, 15) is 0 Å². The van der Waals surface area contributed by atoms with Gasteiger partial charge in [-0.05, 0) is 55.6 Å². The van der Waals surface area contributed by atoms with Crippen molar-refractivity contribution in [1.29, 1.82) is 0 Å². The highest BCUT2D eigenvalue weighted by atomic mass is 16.3. The molecule has 0 radical (unpaired) electrons. The third kappa shape index (κ3) is 2.98. The van der Waals surface area contributed by atoms with Crippen LogP contribution in [0.1, 0.15) is 0 Å². The Labute approximate surface area is 214 Å². The van der Waals surface area contributed by atoms with Gasteiger partial charge < -0.3 is 4.42 Å². The summed E-state index contributed by atoms with van der Waals surface area (Å²) >= 11 is 0. The van der Waals surface area contributed by atoms with Gasteiger partial charge in [-0.1, -0.05) is 121 Å². The fourth-order valence-corrected chi connectivity index (χ4v) is 6.00. The third-order valence-corrected chi connectivity index (χ3v) is 7.64. The molecular weight excluding hydrogens is 448 g/mol. The fourth-order valence-electron chi connectivity index (χ4n) is 6.00. The predicted octanol–water partition coefficient (Wildman–Crippen LogP) is 10.4. The molecule has 1 aromatic heterocycles. The van der Waals surface area contributed by atoms with Crippen LogP contribution in [0.4, 0.5) is 0 Å². The minimum absolute atomic E-state index is 0.913. The van der Waals surface area contributed by atoms with E-state index >= 15 is 0 Å². The molecule has 1 nitrogen and oxygen atoms in total. The van der Waals surface area contributed by atoms with Crippen molar-refractivity contribution in [1.82, 2.24) is 0 Å². The Morgan fingerprint density at radius 3 is 1.86 bits per heavy atom. The summed E-state index contributed by atoms with van der Waals surface area (Å²) in [4.78, 5) is 0. The van der Waals surface area contributed by atoms with Crippen LogP contribution in [0.15, 0.2) is 138 Å². The van der Waals surface area contributed by atoms with E-state index in [1.54, 1.807) is 0 Å². The first-order chi connectivity index (χ1) is 18.4. The van der Waals surface area contributed by atoms with Crippen molar-refractivity contribution in [3.63, 3.8) is 0 Å². The van der Waals surface area contributed by atoms with Gasteiger partial charge in [0.2, 0.25) is 0 Å². The minimum Gasteiger partial charge on any atom is -0.455 e. The Kier molecular flexibility index (Phi) is 4.29. The average Bonchev–Trinajstić information content (AvgIpc) is 3.34. The molecule has 0 fully saturated rings. The monoisotopic (exact) mass is 470 g/mol. The summed E-state index contributed by atoms with van der Waals surface area (Å²) in [6.07, 6.45) is 0. The molecule has 0 atom stereocenters. The largest absolute Gasteiger partial charge is 0.455 e. The Hall–Kier alpha value is -4.88. The first-order valence-electron chi connectivity index (χ1n) is 12.7. The SMILES string of the molecule is c1ccc2cc(-c3c4ccccc4c(-c4cccc5ccccc45)c4c3oc3ccccc34)ccc2c1. The second kappa shape index (κ2) is 7.81. The molecular formula is C36H22O. The molecule has 1 heteroatoms. The molecule has 1 heterocycles. The van der Waals surface area contributed by atoms with E-state index in [1.165, 1.54) is 54.4 Å². The molecule has 0 saturated heterocycles. The summed E-state index contributed by atoms with van der Waals surface area (Å²) in [5, 5.41) is 9.72. The lowest BCUT2D eigenvalue weighted by molar-refractivity contribution is 0.670. The quantitative estimate of drug-likeness (QED) is 0.245. The summed E-state index contributed by atoms with van der Waals surface area (Å²) < 4.78 is 6.73. The van der Waals surface area contributed by atoms with Gasteiger partial charge in [-0.25, -0.2) is 0 Å². The van der Waals surface area contributed by atoms with E-state index < -0.39 is 0 Å². The van der Waals surface area contributed by atoms with E-state index in [4.69, 9.17) is 4.42 Å². The first kappa shape index (κ1) is 20.3. The van der Waals surface area contributed by atoms with Crippen molar-refractivity contribution in [3.05, 3.63) is 133 Å². The van der Waals surface area contributed by atoms with Crippen LogP contribution in [-0.4, -0.2) is 0 Å². The Morgan fingerprint density at radius 1 is 0.405 bits per heavy atom. The zero-order valence-electron chi connectivity index (χ0n) is 20.1. The van der Waals surface area contributed by atoms with Crippen molar-refractivity contribution in [3.8, 4) is 22.3 Å². The molecule has 0 bridgehead atoms. The second-order valence-corrected chi connectivity index (χ2v) is 9.69. The molecule has 0 N–H and O–H groups in total. The van der Waals surface area contributed by atoms with E-state index in [2.05, 4.69) is 133 Å². The van der Waals surface area contributed by atoms with Gasteiger partial charge in [0.05, 0.1) is 0 Å². The van der Waals surface area contributed by atoms with Crippen LogP contribution in [-0.2, 0) is 0 Å². The molecule has 0 aliphatic rings. The van der Waals surface area contributed by atoms with E-state index in [1.807, 2.05) is 0 Å². The van der Waals surface area contributed by atoms with E-state index in [-0.39, 0.29) is 0 Å². The number of furan rings is 1. The number of hydrogen-bond donors (Lipinski definition) is 0. The highest BCUT2D eigenvalue weighted by molar-refractivity contribution is 6.28. The molecule has 0 spiro atoms. The number of fused-ring (bicyclic) bond motifs is 6. The molecule has 0 amide bonds. The van der Waals surface area contributed by atoms with Gasteiger partial charge in [0, 0.05) is 21.9 Å². The van der Waals surface area contributed by atoms with Crippen molar-refractivity contribution in [2.24, 2.45) is 0 Å². The number of benzene rings is 7. The van der Waals surface area contributed by atoms with Crippen LogP contribution in [0.2, 0.25) is 0 Å². The van der Waals surface area contributed by atoms with Crippen LogP contribution in [0.3, 0.4) is 0 Å². The summed E-state index contributed by atoms with van der Waals surface area (Å²) in [5.41, 5.74) is 6.64. The second-order valence-electron chi connectivity index (χ2n) is 9.69.